The molecule has 3 aliphatic carbocycles. The molecule has 7 rings (SSSR count). The molecular weight excluding hydrogens is 282 g/mol. The van der Waals surface area contributed by atoms with Crippen LogP contribution in [0.4, 0.5) is 0 Å². The average Bonchev–Trinajstić information content (AvgIpc) is 3.06. The summed E-state index contributed by atoms with van der Waals surface area (Å²) in [4.78, 5) is 4.40. The third-order valence-corrected chi connectivity index (χ3v) is 5.43. The second kappa shape index (κ2) is 3.90. The topological polar surface area (TPSA) is 26.0 Å². The van der Waals surface area contributed by atoms with Crippen LogP contribution >= 0.6 is 0 Å². The van der Waals surface area contributed by atoms with Gasteiger partial charge >= 0.3 is 0 Å². The lowest BCUT2D eigenvalue weighted by Crippen LogP contribution is -2.27. The Bertz CT molecular complexity index is 960. The summed E-state index contributed by atoms with van der Waals surface area (Å²) in [7, 11) is 0. The Morgan fingerprint density at radius 1 is 0.696 bits per heavy atom. The van der Waals surface area contributed by atoms with E-state index in [4.69, 9.17) is 4.42 Å². The molecule has 2 bridgehead atoms. The van der Waals surface area contributed by atoms with Crippen molar-refractivity contribution in [2.45, 2.75) is 11.8 Å². The normalized spacial score (nSPS) is 20.2. The third-order valence-electron chi connectivity index (χ3n) is 5.43. The number of fused-ring (bicyclic) bond motifs is 1. The monoisotopic (exact) mass is 295 g/mol. The van der Waals surface area contributed by atoms with Crippen LogP contribution in [-0.2, 0) is 0 Å². The van der Waals surface area contributed by atoms with Gasteiger partial charge in [-0.2, -0.15) is 0 Å². The fraction of sp³-hybridized carbons (Fsp3) is 0.0952. The van der Waals surface area contributed by atoms with Gasteiger partial charge in [0.2, 0.25) is 0 Å². The number of hydrogen-bond donors (Lipinski definition) is 0. The van der Waals surface area contributed by atoms with E-state index in [0.29, 0.717) is 5.92 Å². The van der Waals surface area contributed by atoms with E-state index in [1.165, 1.54) is 44.2 Å². The molecule has 0 saturated carbocycles. The summed E-state index contributed by atoms with van der Waals surface area (Å²) in [6, 6.07) is 15.6. The molecule has 2 atom stereocenters. The molecular formula is C21H13NO. The molecule has 2 aromatic carbocycles. The molecule has 23 heavy (non-hydrogen) atoms. The van der Waals surface area contributed by atoms with Crippen molar-refractivity contribution in [2.75, 3.05) is 0 Å². The van der Waals surface area contributed by atoms with Gasteiger partial charge in [-0.15, -0.1) is 0 Å². The Kier molecular flexibility index (Phi) is 1.98. The molecule has 0 fully saturated rings. The SMILES string of the molecule is c1ccc2c(c1)C1c3ccncc3C2c2cc3cocc3cc21. The van der Waals surface area contributed by atoms with E-state index in [1.807, 2.05) is 24.9 Å². The lowest BCUT2D eigenvalue weighted by Gasteiger charge is -2.41. The molecule has 3 aliphatic rings. The first-order valence-corrected chi connectivity index (χ1v) is 7.94. The van der Waals surface area contributed by atoms with E-state index < -0.39 is 0 Å². The maximum atomic E-state index is 5.42. The molecule has 2 heteroatoms. The molecule has 2 nitrogen and oxygen atoms in total. The quantitative estimate of drug-likeness (QED) is 0.402. The molecule has 108 valence electrons. The molecule has 0 N–H and O–H groups in total. The fourth-order valence-electron chi connectivity index (χ4n) is 4.52. The van der Waals surface area contributed by atoms with E-state index in [0.717, 1.165) is 0 Å². The van der Waals surface area contributed by atoms with Gasteiger partial charge in [0.25, 0.3) is 0 Å². The smallest absolute Gasteiger partial charge is 0.0981 e. The highest BCUT2D eigenvalue weighted by Gasteiger charge is 2.41. The van der Waals surface area contributed by atoms with Gasteiger partial charge in [0.15, 0.2) is 0 Å². The van der Waals surface area contributed by atoms with Gasteiger partial charge in [-0.3, -0.25) is 4.98 Å². The lowest BCUT2D eigenvalue weighted by molar-refractivity contribution is 0.572. The van der Waals surface area contributed by atoms with Crippen molar-refractivity contribution < 1.29 is 4.42 Å². The van der Waals surface area contributed by atoms with Crippen molar-refractivity contribution in [2.24, 2.45) is 0 Å². The molecule has 0 radical (unpaired) electrons. The summed E-state index contributed by atoms with van der Waals surface area (Å²) in [5, 5.41) is 2.36. The van der Waals surface area contributed by atoms with Crippen LogP contribution in [0.15, 0.2) is 71.8 Å². The minimum atomic E-state index is 0.286. The molecule has 4 aromatic rings. The Morgan fingerprint density at radius 2 is 1.30 bits per heavy atom. The molecule has 0 spiro atoms. The number of furan rings is 1. The van der Waals surface area contributed by atoms with Crippen LogP contribution in [0.25, 0.3) is 10.8 Å². The average molecular weight is 295 g/mol. The highest BCUT2D eigenvalue weighted by atomic mass is 16.3. The zero-order valence-electron chi connectivity index (χ0n) is 12.4. The minimum Gasteiger partial charge on any atom is -0.471 e. The molecule has 0 amide bonds. The van der Waals surface area contributed by atoms with Crippen molar-refractivity contribution in [1.29, 1.82) is 0 Å². The van der Waals surface area contributed by atoms with E-state index in [-0.39, 0.29) is 5.92 Å². The maximum Gasteiger partial charge on any atom is 0.0981 e. The highest BCUT2D eigenvalue weighted by molar-refractivity contribution is 5.85. The number of benzene rings is 2. The highest BCUT2D eigenvalue weighted by Crippen LogP contribution is 2.55. The van der Waals surface area contributed by atoms with Crippen molar-refractivity contribution in [1.82, 2.24) is 4.98 Å². The molecule has 0 aliphatic heterocycles. The summed E-state index contributed by atoms with van der Waals surface area (Å²) in [6.45, 7) is 0. The number of rotatable bonds is 0. The minimum absolute atomic E-state index is 0.286. The Hall–Kier alpha value is -2.87. The predicted molar refractivity (Wildman–Crippen MR) is 88.8 cm³/mol. The van der Waals surface area contributed by atoms with Crippen LogP contribution < -0.4 is 0 Å². The Morgan fingerprint density at radius 3 is 2.00 bits per heavy atom. The van der Waals surface area contributed by atoms with E-state index in [9.17, 15) is 0 Å². The van der Waals surface area contributed by atoms with Crippen LogP contribution in [0.2, 0.25) is 0 Å². The second-order valence-corrected chi connectivity index (χ2v) is 6.48. The standard InChI is InChI=1S/C21H13NO/c1-2-4-15-14(3-1)20-16-5-6-22-9-19(16)21(15)18-8-13-11-23-10-12(13)7-17(18)20/h1-11,20-21H. The van der Waals surface area contributed by atoms with Crippen molar-refractivity contribution in [3.05, 3.63) is 101 Å². The van der Waals surface area contributed by atoms with Gasteiger partial charge in [0, 0.05) is 35.0 Å². The fourth-order valence-corrected chi connectivity index (χ4v) is 4.52. The second-order valence-electron chi connectivity index (χ2n) is 6.48. The van der Waals surface area contributed by atoms with E-state index in [1.54, 1.807) is 0 Å². The third kappa shape index (κ3) is 1.32. The van der Waals surface area contributed by atoms with Crippen LogP contribution in [-0.4, -0.2) is 4.98 Å². The largest absolute Gasteiger partial charge is 0.471 e. The van der Waals surface area contributed by atoms with Gasteiger partial charge in [-0.1, -0.05) is 24.3 Å². The summed E-state index contributed by atoms with van der Waals surface area (Å²) >= 11 is 0. The molecule has 2 aromatic heterocycles. The Balaban J connectivity index is 1.78. The van der Waals surface area contributed by atoms with Crippen LogP contribution in [0.1, 0.15) is 45.2 Å². The van der Waals surface area contributed by atoms with Crippen LogP contribution in [0.3, 0.4) is 0 Å². The number of pyridine rings is 1. The predicted octanol–water partition coefficient (Wildman–Crippen LogP) is 4.82. The summed E-state index contributed by atoms with van der Waals surface area (Å²) in [6.07, 6.45) is 7.65. The first-order valence-electron chi connectivity index (χ1n) is 7.94. The number of aromatic nitrogens is 1. The lowest BCUT2D eigenvalue weighted by atomic mass is 9.61. The van der Waals surface area contributed by atoms with Gasteiger partial charge in [-0.25, -0.2) is 0 Å². The zero-order chi connectivity index (χ0) is 15.0. The first-order chi connectivity index (χ1) is 11.4. The van der Waals surface area contributed by atoms with Crippen molar-refractivity contribution in [3.63, 3.8) is 0 Å². The van der Waals surface area contributed by atoms with Gasteiger partial charge in [0.05, 0.1) is 12.5 Å². The van der Waals surface area contributed by atoms with Crippen molar-refractivity contribution in [3.8, 4) is 0 Å². The Labute approximate surface area is 133 Å². The van der Waals surface area contributed by atoms with Crippen LogP contribution in [0.5, 0.6) is 0 Å². The van der Waals surface area contributed by atoms with Gasteiger partial charge in [-0.05, 0) is 51.6 Å². The van der Waals surface area contributed by atoms with E-state index >= 15 is 0 Å². The molecule has 0 saturated heterocycles. The van der Waals surface area contributed by atoms with E-state index in [2.05, 4.69) is 47.4 Å². The summed E-state index contributed by atoms with van der Waals surface area (Å²) < 4.78 is 5.42. The van der Waals surface area contributed by atoms with Crippen LogP contribution in [0, 0.1) is 0 Å². The van der Waals surface area contributed by atoms with Gasteiger partial charge in [0.1, 0.15) is 0 Å². The molecule has 2 heterocycles. The molecule has 2 unspecified atom stereocenters. The zero-order valence-corrected chi connectivity index (χ0v) is 12.4. The summed E-state index contributed by atoms with van der Waals surface area (Å²) in [5.74, 6) is 0.595. The maximum absolute atomic E-state index is 5.42. The number of nitrogens with zero attached hydrogens (tertiary/aromatic N) is 1. The van der Waals surface area contributed by atoms with Crippen molar-refractivity contribution >= 4 is 10.8 Å². The first kappa shape index (κ1) is 11.7. The number of hydrogen-bond acceptors (Lipinski definition) is 2. The summed E-state index contributed by atoms with van der Waals surface area (Å²) in [5.41, 5.74) is 8.44. The van der Waals surface area contributed by atoms with Gasteiger partial charge < -0.3 is 4.42 Å².